The van der Waals surface area contributed by atoms with Crippen LogP contribution in [0.1, 0.15) is 24.0 Å². The van der Waals surface area contributed by atoms with Crippen molar-refractivity contribution >= 4 is 0 Å². The average molecular weight is 235 g/mol. The average Bonchev–Trinajstić information content (AvgIpc) is 2.39. The Labute approximate surface area is 103 Å². The van der Waals surface area contributed by atoms with Gasteiger partial charge in [0.2, 0.25) is 0 Å². The number of hydrogen-bond donors (Lipinski definition) is 1. The van der Waals surface area contributed by atoms with Crippen LogP contribution < -0.4 is 5.73 Å². The molecule has 0 saturated carbocycles. The number of hydrogen-bond acceptors (Lipinski definition) is 3. The molecule has 0 spiro atoms. The molecule has 1 aliphatic rings. The summed E-state index contributed by atoms with van der Waals surface area (Å²) in [4.78, 5) is 0. The SMILES string of the molecule is NCCc1ccccc1COC1CCOCC1. The number of ether oxygens (including phenoxy) is 2. The number of rotatable bonds is 5. The molecule has 0 aliphatic carbocycles. The maximum absolute atomic E-state index is 5.94. The van der Waals surface area contributed by atoms with Crippen LogP contribution >= 0.6 is 0 Å². The van der Waals surface area contributed by atoms with Crippen molar-refractivity contribution in [3.8, 4) is 0 Å². The largest absolute Gasteiger partial charge is 0.381 e. The van der Waals surface area contributed by atoms with Gasteiger partial charge < -0.3 is 15.2 Å². The van der Waals surface area contributed by atoms with E-state index in [2.05, 4.69) is 24.3 Å². The Morgan fingerprint density at radius 2 is 1.88 bits per heavy atom. The van der Waals surface area contributed by atoms with Gasteiger partial charge in [-0.2, -0.15) is 0 Å². The highest BCUT2D eigenvalue weighted by atomic mass is 16.5. The van der Waals surface area contributed by atoms with Crippen molar-refractivity contribution in [2.45, 2.75) is 32.0 Å². The van der Waals surface area contributed by atoms with E-state index in [-0.39, 0.29) is 0 Å². The molecule has 1 aliphatic heterocycles. The van der Waals surface area contributed by atoms with Crippen molar-refractivity contribution in [1.29, 1.82) is 0 Å². The van der Waals surface area contributed by atoms with Crippen molar-refractivity contribution in [2.75, 3.05) is 19.8 Å². The summed E-state index contributed by atoms with van der Waals surface area (Å²) in [6.07, 6.45) is 3.31. The topological polar surface area (TPSA) is 44.5 Å². The fourth-order valence-electron chi connectivity index (χ4n) is 2.15. The van der Waals surface area contributed by atoms with Gasteiger partial charge in [0.25, 0.3) is 0 Å². The van der Waals surface area contributed by atoms with Crippen LogP contribution in [0.2, 0.25) is 0 Å². The molecule has 3 heteroatoms. The standard InChI is InChI=1S/C14H21NO2/c15-8-5-12-3-1-2-4-13(12)11-17-14-6-9-16-10-7-14/h1-4,14H,5-11,15H2. The minimum Gasteiger partial charge on any atom is -0.381 e. The van der Waals surface area contributed by atoms with Crippen molar-refractivity contribution in [3.63, 3.8) is 0 Å². The summed E-state index contributed by atoms with van der Waals surface area (Å²) >= 11 is 0. The van der Waals surface area contributed by atoms with Gasteiger partial charge in [-0.3, -0.25) is 0 Å². The van der Waals surface area contributed by atoms with Gasteiger partial charge in [0.05, 0.1) is 12.7 Å². The fraction of sp³-hybridized carbons (Fsp3) is 0.571. The molecule has 0 unspecified atom stereocenters. The first-order valence-electron chi connectivity index (χ1n) is 6.36. The second-order valence-electron chi connectivity index (χ2n) is 4.43. The van der Waals surface area contributed by atoms with Gasteiger partial charge in [-0.1, -0.05) is 24.3 Å². The van der Waals surface area contributed by atoms with Crippen LogP contribution in [0.3, 0.4) is 0 Å². The van der Waals surface area contributed by atoms with Crippen LogP contribution in [0.4, 0.5) is 0 Å². The molecule has 94 valence electrons. The molecule has 0 bridgehead atoms. The van der Waals surface area contributed by atoms with Crippen molar-refractivity contribution in [3.05, 3.63) is 35.4 Å². The van der Waals surface area contributed by atoms with Gasteiger partial charge in [0.15, 0.2) is 0 Å². The van der Waals surface area contributed by atoms with Gasteiger partial charge in [0.1, 0.15) is 0 Å². The highest BCUT2D eigenvalue weighted by Crippen LogP contribution is 2.16. The van der Waals surface area contributed by atoms with Gasteiger partial charge in [-0.05, 0) is 36.9 Å². The molecule has 3 nitrogen and oxygen atoms in total. The summed E-state index contributed by atoms with van der Waals surface area (Å²) in [6.45, 7) is 3.04. The van der Waals surface area contributed by atoms with Gasteiger partial charge in [-0.15, -0.1) is 0 Å². The third-order valence-corrected chi connectivity index (χ3v) is 3.17. The molecule has 17 heavy (non-hydrogen) atoms. The fourth-order valence-corrected chi connectivity index (χ4v) is 2.15. The highest BCUT2D eigenvalue weighted by Gasteiger charge is 2.14. The number of benzene rings is 1. The predicted octanol–water partition coefficient (Wildman–Crippen LogP) is 1.88. The maximum Gasteiger partial charge on any atom is 0.0723 e. The van der Waals surface area contributed by atoms with Gasteiger partial charge in [0, 0.05) is 13.2 Å². The third-order valence-electron chi connectivity index (χ3n) is 3.17. The minimum atomic E-state index is 0.356. The normalized spacial score (nSPS) is 17.2. The Balaban J connectivity index is 1.88. The predicted molar refractivity (Wildman–Crippen MR) is 67.8 cm³/mol. The molecule has 0 atom stereocenters. The zero-order valence-electron chi connectivity index (χ0n) is 10.2. The van der Waals surface area contributed by atoms with E-state index in [1.807, 2.05) is 0 Å². The van der Waals surface area contributed by atoms with E-state index in [9.17, 15) is 0 Å². The second kappa shape index (κ2) is 6.74. The summed E-state index contributed by atoms with van der Waals surface area (Å²) < 4.78 is 11.3. The molecule has 0 amide bonds. The Hall–Kier alpha value is -0.900. The van der Waals surface area contributed by atoms with Crippen LogP contribution in [0, 0.1) is 0 Å². The van der Waals surface area contributed by atoms with E-state index in [0.717, 1.165) is 32.5 Å². The smallest absolute Gasteiger partial charge is 0.0723 e. The maximum atomic E-state index is 5.94. The molecule has 2 rings (SSSR count). The highest BCUT2D eigenvalue weighted by molar-refractivity contribution is 5.26. The Bertz CT molecular complexity index is 335. The Morgan fingerprint density at radius 1 is 1.18 bits per heavy atom. The lowest BCUT2D eigenvalue weighted by Gasteiger charge is -2.23. The first-order valence-corrected chi connectivity index (χ1v) is 6.36. The molecule has 0 radical (unpaired) electrons. The van der Waals surface area contributed by atoms with E-state index in [1.54, 1.807) is 0 Å². The molecular formula is C14H21NO2. The molecule has 1 heterocycles. The molecule has 1 fully saturated rings. The summed E-state index contributed by atoms with van der Waals surface area (Å²) in [5, 5.41) is 0. The Morgan fingerprint density at radius 3 is 2.59 bits per heavy atom. The van der Waals surface area contributed by atoms with Crippen molar-refractivity contribution < 1.29 is 9.47 Å². The van der Waals surface area contributed by atoms with Crippen LogP contribution in [0.15, 0.2) is 24.3 Å². The van der Waals surface area contributed by atoms with E-state index in [1.165, 1.54) is 11.1 Å². The van der Waals surface area contributed by atoms with E-state index in [0.29, 0.717) is 19.3 Å². The summed E-state index contributed by atoms with van der Waals surface area (Å²) in [7, 11) is 0. The molecule has 1 aromatic rings. The lowest BCUT2D eigenvalue weighted by Crippen LogP contribution is -2.23. The summed E-state index contributed by atoms with van der Waals surface area (Å²) in [5.41, 5.74) is 8.19. The lowest BCUT2D eigenvalue weighted by molar-refractivity contribution is -0.0392. The lowest BCUT2D eigenvalue weighted by atomic mass is 10.1. The molecule has 0 aromatic heterocycles. The summed E-state index contributed by atoms with van der Waals surface area (Å²) in [6, 6.07) is 8.38. The second-order valence-corrected chi connectivity index (χ2v) is 4.43. The van der Waals surface area contributed by atoms with Crippen molar-refractivity contribution in [2.24, 2.45) is 5.73 Å². The third kappa shape index (κ3) is 3.80. The zero-order chi connectivity index (χ0) is 11.9. The van der Waals surface area contributed by atoms with Crippen LogP contribution in [-0.2, 0) is 22.5 Å². The first kappa shape index (κ1) is 12.6. The van der Waals surface area contributed by atoms with Crippen LogP contribution in [0.25, 0.3) is 0 Å². The van der Waals surface area contributed by atoms with E-state index in [4.69, 9.17) is 15.2 Å². The van der Waals surface area contributed by atoms with Crippen LogP contribution in [0.5, 0.6) is 0 Å². The molecule has 2 N–H and O–H groups in total. The van der Waals surface area contributed by atoms with E-state index < -0.39 is 0 Å². The van der Waals surface area contributed by atoms with E-state index >= 15 is 0 Å². The van der Waals surface area contributed by atoms with Crippen LogP contribution in [-0.4, -0.2) is 25.9 Å². The molecule has 1 aromatic carbocycles. The zero-order valence-corrected chi connectivity index (χ0v) is 10.2. The van der Waals surface area contributed by atoms with Crippen molar-refractivity contribution in [1.82, 2.24) is 0 Å². The quantitative estimate of drug-likeness (QED) is 0.847. The van der Waals surface area contributed by atoms with Gasteiger partial charge in [-0.25, -0.2) is 0 Å². The Kier molecular flexibility index (Phi) is 4.98. The summed E-state index contributed by atoms with van der Waals surface area (Å²) in [5.74, 6) is 0. The molecule has 1 saturated heterocycles. The first-order chi connectivity index (χ1) is 8.40. The number of nitrogens with two attached hydrogens (primary N) is 1. The molecular weight excluding hydrogens is 214 g/mol. The van der Waals surface area contributed by atoms with Gasteiger partial charge >= 0.3 is 0 Å². The monoisotopic (exact) mass is 235 g/mol. The minimum absolute atomic E-state index is 0.356.